The monoisotopic (exact) mass is 357 g/mol. The first-order valence-corrected chi connectivity index (χ1v) is 8.59. The first kappa shape index (κ1) is 18.5. The highest BCUT2D eigenvalue weighted by Crippen LogP contribution is 2.31. The van der Waals surface area contributed by atoms with Crippen LogP contribution in [0.3, 0.4) is 0 Å². The summed E-state index contributed by atoms with van der Waals surface area (Å²) in [6, 6.07) is 6.54. The Labute approximate surface area is 142 Å². The van der Waals surface area contributed by atoms with Crippen molar-refractivity contribution in [3.05, 3.63) is 30.1 Å². The Bertz CT molecular complexity index is 717. The molecule has 0 aliphatic rings. The molecule has 0 saturated carbocycles. The van der Waals surface area contributed by atoms with E-state index in [4.69, 9.17) is 0 Å². The molecule has 0 spiro atoms. The van der Waals surface area contributed by atoms with Gasteiger partial charge in [0.15, 0.2) is 0 Å². The van der Waals surface area contributed by atoms with E-state index in [-0.39, 0.29) is 28.2 Å². The molecule has 0 atom stereocenters. The van der Waals surface area contributed by atoms with Crippen molar-refractivity contribution in [1.29, 1.82) is 0 Å². The van der Waals surface area contributed by atoms with Crippen molar-refractivity contribution in [1.82, 2.24) is 15.3 Å². The summed E-state index contributed by atoms with van der Waals surface area (Å²) in [5, 5.41) is 3.52. The Balaban J connectivity index is 2.23. The summed E-state index contributed by atoms with van der Waals surface area (Å²) in [7, 11) is 0. The van der Waals surface area contributed by atoms with Gasteiger partial charge < -0.3 is 5.32 Å². The van der Waals surface area contributed by atoms with Crippen LogP contribution < -0.4 is 5.32 Å². The fourth-order valence-corrected chi connectivity index (χ4v) is 3.01. The van der Waals surface area contributed by atoms with E-state index in [0.717, 1.165) is 24.6 Å². The minimum Gasteiger partial charge on any atom is -0.353 e. The van der Waals surface area contributed by atoms with E-state index in [1.807, 2.05) is 13.8 Å². The van der Waals surface area contributed by atoms with Crippen molar-refractivity contribution >= 4 is 28.6 Å². The molecule has 1 amide bonds. The van der Waals surface area contributed by atoms with Gasteiger partial charge in [-0.3, -0.25) is 4.79 Å². The molecule has 2 aromatic rings. The maximum Gasteiger partial charge on any atom is 0.451 e. The number of hydrogen-bond acceptors (Lipinski definition) is 4. The molecule has 1 aromatic carbocycles. The fourth-order valence-electron chi connectivity index (χ4n) is 2.18. The van der Waals surface area contributed by atoms with Crippen LogP contribution >= 0.6 is 11.8 Å². The van der Waals surface area contributed by atoms with Gasteiger partial charge in [-0.25, -0.2) is 9.97 Å². The molecule has 0 saturated heterocycles. The number of benzene rings is 1. The van der Waals surface area contributed by atoms with E-state index >= 15 is 0 Å². The smallest absolute Gasteiger partial charge is 0.353 e. The quantitative estimate of drug-likeness (QED) is 0.626. The summed E-state index contributed by atoms with van der Waals surface area (Å²) in [6.45, 7) is 3.93. The topological polar surface area (TPSA) is 54.9 Å². The average Bonchev–Trinajstić information content (AvgIpc) is 2.56. The Hall–Kier alpha value is -1.83. The highest BCUT2D eigenvalue weighted by molar-refractivity contribution is 8.00. The van der Waals surface area contributed by atoms with Gasteiger partial charge in [0.25, 0.3) is 0 Å². The van der Waals surface area contributed by atoms with Gasteiger partial charge in [0.2, 0.25) is 11.7 Å². The van der Waals surface area contributed by atoms with Crippen LogP contribution in [-0.2, 0) is 11.0 Å². The minimum absolute atomic E-state index is 0.00873. The van der Waals surface area contributed by atoms with Crippen LogP contribution in [0, 0.1) is 0 Å². The number of alkyl halides is 3. The molecule has 1 heterocycles. The largest absolute Gasteiger partial charge is 0.451 e. The SMILES string of the molecule is CCC(CC)NC(=O)CSc1nc(C(F)(F)F)nc2ccccc12. The van der Waals surface area contributed by atoms with Gasteiger partial charge in [-0.1, -0.05) is 43.8 Å². The van der Waals surface area contributed by atoms with Crippen LogP contribution in [0.1, 0.15) is 32.5 Å². The zero-order valence-corrected chi connectivity index (χ0v) is 14.2. The van der Waals surface area contributed by atoms with Crippen molar-refractivity contribution in [2.75, 3.05) is 5.75 Å². The number of nitrogens with zero attached hydrogens (tertiary/aromatic N) is 2. The second-order valence-electron chi connectivity index (χ2n) is 5.24. The summed E-state index contributed by atoms with van der Waals surface area (Å²) in [5.41, 5.74) is 0.211. The van der Waals surface area contributed by atoms with E-state index in [1.54, 1.807) is 18.2 Å². The second kappa shape index (κ2) is 7.83. The predicted octanol–water partition coefficient (Wildman–Crippen LogP) is 4.05. The van der Waals surface area contributed by atoms with Crippen molar-refractivity contribution in [2.24, 2.45) is 0 Å². The number of fused-ring (bicyclic) bond motifs is 1. The molecule has 1 N–H and O–H groups in total. The van der Waals surface area contributed by atoms with Crippen molar-refractivity contribution in [3.63, 3.8) is 0 Å². The van der Waals surface area contributed by atoms with Crippen molar-refractivity contribution in [3.8, 4) is 0 Å². The normalized spacial score (nSPS) is 11.9. The molecule has 0 aliphatic carbocycles. The lowest BCUT2D eigenvalue weighted by molar-refractivity contribution is -0.145. The summed E-state index contributed by atoms with van der Waals surface area (Å²) in [4.78, 5) is 19.1. The maximum absolute atomic E-state index is 12.9. The van der Waals surface area contributed by atoms with Crippen LogP contribution in [0.15, 0.2) is 29.3 Å². The number of para-hydroxylation sites is 1. The van der Waals surface area contributed by atoms with Gasteiger partial charge in [-0.05, 0) is 18.9 Å². The molecule has 0 unspecified atom stereocenters. The standard InChI is InChI=1S/C16H18F3N3OS/c1-3-10(4-2)20-13(23)9-24-14-11-7-5-6-8-12(11)21-15(22-14)16(17,18)19/h5-8,10H,3-4,9H2,1-2H3,(H,20,23). The highest BCUT2D eigenvalue weighted by Gasteiger charge is 2.35. The van der Waals surface area contributed by atoms with Gasteiger partial charge in [-0.2, -0.15) is 13.2 Å². The number of aromatic nitrogens is 2. The molecule has 2 rings (SSSR count). The van der Waals surface area contributed by atoms with E-state index in [1.165, 1.54) is 6.07 Å². The van der Waals surface area contributed by atoms with Gasteiger partial charge >= 0.3 is 6.18 Å². The fraction of sp³-hybridized carbons (Fsp3) is 0.438. The average molecular weight is 357 g/mol. The van der Waals surface area contributed by atoms with Gasteiger partial charge in [-0.15, -0.1) is 0 Å². The number of rotatable bonds is 6. The van der Waals surface area contributed by atoms with Crippen LogP contribution in [0.2, 0.25) is 0 Å². The van der Waals surface area contributed by atoms with Gasteiger partial charge in [0.1, 0.15) is 5.03 Å². The summed E-state index contributed by atoms with van der Waals surface area (Å²) in [6.07, 6.45) is -3.01. The molecular weight excluding hydrogens is 339 g/mol. The Morgan fingerprint density at radius 2 is 1.88 bits per heavy atom. The summed E-state index contributed by atoms with van der Waals surface area (Å²) < 4.78 is 38.8. The molecule has 1 aromatic heterocycles. The molecule has 4 nitrogen and oxygen atoms in total. The van der Waals surface area contributed by atoms with E-state index in [2.05, 4.69) is 15.3 Å². The van der Waals surface area contributed by atoms with Crippen LogP contribution in [-0.4, -0.2) is 27.7 Å². The van der Waals surface area contributed by atoms with Gasteiger partial charge in [0, 0.05) is 11.4 Å². The number of carbonyl (C=O) groups excluding carboxylic acids is 1. The lowest BCUT2D eigenvalue weighted by Gasteiger charge is -2.15. The van der Waals surface area contributed by atoms with E-state index < -0.39 is 12.0 Å². The van der Waals surface area contributed by atoms with E-state index in [0.29, 0.717) is 5.39 Å². The first-order chi connectivity index (χ1) is 11.3. The Kier molecular flexibility index (Phi) is 6.04. The van der Waals surface area contributed by atoms with Crippen molar-refractivity contribution in [2.45, 2.75) is 43.9 Å². The minimum atomic E-state index is -4.63. The van der Waals surface area contributed by atoms with Gasteiger partial charge in [0.05, 0.1) is 11.3 Å². The third-order valence-electron chi connectivity index (χ3n) is 3.51. The molecule has 0 aliphatic heterocycles. The van der Waals surface area contributed by atoms with Crippen molar-refractivity contribution < 1.29 is 18.0 Å². The Morgan fingerprint density at radius 3 is 2.50 bits per heavy atom. The van der Waals surface area contributed by atoms with Crippen LogP contribution in [0.4, 0.5) is 13.2 Å². The van der Waals surface area contributed by atoms with E-state index in [9.17, 15) is 18.0 Å². The molecule has 24 heavy (non-hydrogen) atoms. The number of hydrogen-bond donors (Lipinski definition) is 1. The van der Waals surface area contributed by atoms with Crippen LogP contribution in [0.5, 0.6) is 0 Å². The first-order valence-electron chi connectivity index (χ1n) is 7.61. The lowest BCUT2D eigenvalue weighted by Crippen LogP contribution is -2.35. The molecule has 8 heteroatoms. The number of nitrogens with one attached hydrogen (secondary N) is 1. The molecular formula is C16H18F3N3OS. The third kappa shape index (κ3) is 4.59. The molecule has 0 radical (unpaired) electrons. The zero-order chi connectivity index (χ0) is 17.7. The second-order valence-corrected chi connectivity index (χ2v) is 6.20. The number of carbonyl (C=O) groups is 1. The third-order valence-corrected chi connectivity index (χ3v) is 4.50. The number of amides is 1. The molecule has 0 bridgehead atoms. The maximum atomic E-state index is 12.9. The highest BCUT2D eigenvalue weighted by atomic mass is 32.2. The summed E-state index contributed by atoms with van der Waals surface area (Å²) in [5.74, 6) is -1.40. The zero-order valence-electron chi connectivity index (χ0n) is 13.4. The number of halogens is 3. The molecule has 130 valence electrons. The van der Waals surface area contributed by atoms with Crippen LogP contribution in [0.25, 0.3) is 10.9 Å². The Morgan fingerprint density at radius 1 is 1.21 bits per heavy atom. The lowest BCUT2D eigenvalue weighted by atomic mass is 10.2. The molecule has 0 fully saturated rings. The number of thioether (sulfide) groups is 1. The predicted molar refractivity (Wildman–Crippen MR) is 87.8 cm³/mol. The summed E-state index contributed by atoms with van der Waals surface area (Å²) >= 11 is 0.988.